The fourth-order valence-electron chi connectivity index (χ4n) is 2.08. The van der Waals surface area contributed by atoms with E-state index in [1.807, 2.05) is 18.2 Å². The first-order chi connectivity index (χ1) is 11.9. The smallest absolute Gasteiger partial charge is 0.407 e. The molecule has 1 heterocycles. The van der Waals surface area contributed by atoms with Gasteiger partial charge in [-0.15, -0.1) is 0 Å². The predicted molar refractivity (Wildman–Crippen MR) is 94.8 cm³/mol. The van der Waals surface area contributed by atoms with E-state index in [4.69, 9.17) is 9.47 Å². The highest BCUT2D eigenvalue weighted by Gasteiger charge is 2.15. The molecular weight excluding hydrogens is 320 g/mol. The van der Waals surface area contributed by atoms with Crippen molar-refractivity contribution < 1.29 is 19.1 Å². The van der Waals surface area contributed by atoms with Gasteiger partial charge in [0.05, 0.1) is 12.7 Å². The standard InChI is InChI=1S/C19H22N2O4/c1-19(2,3)25-18(23)21-7-8-24-17-10-16(11-20-12-17)15-6-4-5-14(9-15)13-22/h4-6,9-13H,7-8H2,1-3H3,(H,21,23). The van der Waals surface area contributed by atoms with Gasteiger partial charge in [0.25, 0.3) is 0 Å². The number of rotatable bonds is 6. The van der Waals surface area contributed by atoms with Gasteiger partial charge in [-0.25, -0.2) is 4.79 Å². The van der Waals surface area contributed by atoms with E-state index in [1.54, 1.807) is 45.3 Å². The molecule has 1 amide bonds. The maximum Gasteiger partial charge on any atom is 0.407 e. The van der Waals surface area contributed by atoms with Crippen LogP contribution in [0.15, 0.2) is 42.7 Å². The molecule has 0 aliphatic heterocycles. The van der Waals surface area contributed by atoms with Crippen LogP contribution in [-0.2, 0) is 4.74 Å². The summed E-state index contributed by atoms with van der Waals surface area (Å²) in [6.07, 6.45) is 3.63. The van der Waals surface area contributed by atoms with E-state index in [-0.39, 0.29) is 0 Å². The van der Waals surface area contributed by atoms with Gasteiger partial charge in [0, 0.05) is 17.3 Å². The minimum atomic E-state index is -0.529. The second-order valence-corrected chi connectivity index (χ2v) is 6.43. The van der Waals surface area contributed by atoms with E-state index in [9.17, 15) is 9.59 Å². The molecule has 2 rings (SSSR count). The molecular formula is C19H22N2O4. The Balaban J connectivity index is 1.89. The zero-order chi connectivity index (χ0) is 18.3. The number of nitrogens with zero attached hydrogens (tertiary/aromatic N) is 1. The number of pyridine rings is 1. The highest BCUT2D eigenvalue weighted by atomic mass is 16.6. The predicted octanol–water partition coefficient (Wildman–Crippen LogP) is 3.46. The van der Waals surface area contributed by atoms with E-state index < -0.39 is 11.7 Å². The molecule has 6 heteroatoms. The van der Waals surface area contributed by atoms with Gasteiger partial charge in [-0.1, -0.05) is 18.2 Å². The normalized spacial score (nSPS) is 10.8. The van der Waals surface area contributed by atoms with E-state index >= 15 is 0 Å². The number of carbonyl (C=O) groups is 2. The van der Waals surface area contributed by atoms with Crippen LogP contribution in [0.4, 0.5) is 4.79 Å². The molecule has 25 heavy (non-hydrogen) atoms. The van der Waals surface area contributed by atoms with Crippen molar-refractivity contribution in [1.82, 2.24) is 10.3 Å². The van der Waals surface area contributed by atoms with Crippen molar-refractivity contribution in [2.24, 2.45) is 0 Å². The number of aldehydes is 1. The number of nitrogens with one attached hydrogen (secondary N) is 1. The highest BCUT2D eigenvalue weighted by molar-refractivity contribution is 5.78. The Bertz CT molecular complexity index is 738. The first-order valence-electron chi connectivity index (χ1n) is 7.98. The number of amides is 1. The summed E-state index contributed by atoms with van der Waals surface area (Å²) < 4.78 is 10.7. The van der Waals surface area contributed by atoms with Gasteiger partial charge >= 0.3 is 6.09 Å². The lowest BCUT2D eigenvalue weighted by Gasteiger charge is -2.19. The van der Waals surface area contributed by atoms with Crippen molar-refractivity contribution in [2.75, 3.05) is 13.2 Å². The van der Waals surface area contributed by atoms with Crippen molar-refractivity contribution in [3.63, 3.8) is 0 Å². The molecule has 0 spiro atoms. The molecule has 0 saturated heterocycles. The summed E-state index contributed by atoms with van der Waals surface area (Å²) in [4.78, 5) is 26.6. The van der Waals surface area contributed by atoms with Crippen LogP contribution < -0.4 is 10.1 Å². The SMILES string of the molecule is CC(C)(C)OC(=O)NCCOc1cncc(-c2cccc(C=O)c2)c1. The molecule has 6 nitrogen and oxygen atoms in total. The molecule has 132 valence electrons. The minimum Gasteiger partial charge on any atom is -0.490 e. The average molecular weight is 342 g/mol. The quantitative estimate of drug-likeness (QED) is 0.642. The summed E-state index contributed by atoms with van der Waals surface area (Å²) in [5.41, 5.74) is 1.81. The van der Waals surface area contributed by atoms with Gasteiger partial charge < -0.3 is 14.8 Å². The van der Waals surface area contributed by atoms with Crippen molar-refractivity contribution in [1.29, 1.82) is 0 Å². The third-order valence-electron chi connectivity index (χ3n) is 3.11. The summed E-state index contributed by atoms with van der Waals surface area (Å²) in [6, 6.07) is 9.09. The van der Waals surface area contributed by atoms with Gasteiger partial charge in [-0.3, -0.25) is 9.78 Å². The van der Waals surface area contributed by atoms with Crippen LogP contribution in [0.3, 0.4) is 0 Å². The summed E-state index contributed by atoms with van der Waals surface area (Å²) >= 11 is 0. The molecule has 0 aliphatic carbocycles. The van der Waals surface area contributed by atoms with Crippen LogP contribution in [-0.4, -0.2) is 36.1 Å². The Hall–Kier alpha value is -2.89. The third-order valence-corrected chi connectivity index (χ3v) is 3.11. The number of ether oxygens (including phenoxy) is 2. The van der Waals surface area contributed by atoms with Gasteiger partial charge in [0.2, 0.25) is 0 Å². The average Bonchev–Trinajstić information content (AvgIpc) is 2.57. The van der Waals surface area contributed by atoms with Crippen LogP contribution in [0.25, 0.3) is 11.1 Å². The van der Waals surface area contributed by atoms with E-state index in [0.717, 1.165) is 17.4 Å². The Morgan fingerprint density at radius 3 is 2.72 bits per heavy atom. The maximum atomic E-state index is 11.5. The summed E-state index contributed by atoms with van der Waals surface area (Å²) in [7, 11) is 0. The first-order valence-corrected chi connectivity index (χ1v) is 7.98. The second kappa shape index (κ2) is 8.28. The summed E-state index contributed by atoms with van der Waals surface area (Å²) in [5, 5.41) is 2.63. The Labute approximate surface area is 147 Å². The molecule has 1 N–H and O–H groups in total. The Morgan fingerprint density at radius 2 is 2.00 bits per heavy atom. The first kappa shape index (κ1) is 18.4. The molecule has 0 aliphatic rings. The molecule has 0 fully saturated rings. The third kappa shape index (κ3) is 6.25. The van der Waals surface area contributed by atoms with Crippen LogP contribution in [0.5, 0.6) is 5.75 Å². The lowest BCUT2D eigenvalue weighted by molar-refractivity contribution is 0.0520. The minimum absolute atomic E-state index is 0.290. The maximum absolute atomic E-state index is 11.5. The van der Waals surface area contributed by atoms with E-state index in [2.05, 4.69) is 10.3 Å². The molecule has 1 aromatic carbocycles. The Kier molecular flexibility index (Phi) is 6.11. The highest BCUT2D eigenvalue weighted by Crippen LogP contribution is 2.23. The number of hydrogen-bond donors (Lipinski definition) is 1. The fraction of sp³-hybridized carbons (Fsp3) is 0.316. The van der Waals surface area contributed by atoms with Gasteiger partial charge in [0.1, 0.15) is 24.2 Å². The number of aromatic nitrogens is 1. The van der Waals surface area contributed by atoms with Gasteiger partial charge in [-0.2, -0.15) is 0 Å². The molecule has 0 radical (unpaired) electrons. The van der Waals surface area contributed by atoms with E-state index in [0.29, 0.717) is 24.5 Å². The van der Waals surface area contributed by atoms with Crippen LogP contribution in [0.2, 0.25) is 0 Å². The molecule has 0 unspecified atom stereocenters. The molecule has 0 saturated carbocycles. The number of alkyl carbamates (subject to hydrolysis) is 1. The number of hydrogen-bond acceptors (Lipinski definition) is 5. The molecule has 1 aromatic heterocycles. The summed E-state index contributed by atoms with van der Waals surface area (Å²) in [5.74, 6) is 0.583. The second-order valence-electron chi connectivity index (χ2n) is 6.43. The largest absolute Gasteiger partial charge is 0.490 e. The monoisotopic (exact) mass is 342 g/mol. The van der Waals surface area contributed by atoms with Crippen molar-refractivity contribution in [2.45, 2.75) is 26.4 Å². The van der Waals surface area contributed by atoms with Crippen molar-refractivity contribution in [3.05, 3.63) is 48.3 Å². The zero-order valence-electron chi connectivity index (χ0n) is 14.6. The lowest BCUT2D eigenvalue weighted by atomic mass is 10.1. The van der Waals surface area contributed by atoms with Crippen LogP contribution >= 0.6 is 0 Å². The zero-order valence-corrected chi connectivity index (χ0v) is 14.6. The van der Waals surface area contributed by atoms with E-state index in [1.165, 1.54) is 0 Å². The summed E-state index contributed by atoms with van der Waals surface area (Å²) in [6.45, 7) is 6.03. The Morgan fingerprint density at radius 1 is 1.20 bits per heavy atom. The van der Waals surface area contributed by atoms with Crippen molar-refractivity contribution >= 4 is 12.4 Å². The molecule has 0 bridgehead atoms. The lowest BCUT2D eigenvalue weighted by Crippen LogP contribution is -2.34. The molecule has 2 aromatic rings. The number of carbonyl (C=O) groups excluding carboxylic acids is 2. The van der Waals surface area contributed by atoms with Crippen LogP contribution in [0.1, 0.15) is 31.1 Å². The number of benzene rings is 1. The topological polar surface area (TPSA) is 77.5 Å². The van der Waals surface area contributed by atoms with Crippen LogP contribution in [0, 0.1) is 0 Å². The van der Waals surface area contributed by atoms with Gasteiger partial charge in [-0.05, 0) is 38.5 Å². The van der Waals surface area contributed by atoms with Gasteiger partial charge in [0.15, 0.2) is 0 Å². The van der Waals surface area contributed by atoms with Crippen molar-refractivity contribution in [3.8, 4) is 16.9 Å². The fourth-order valence-corrected chi connectivity index (χ4v) is 2.08. The molecule has 0 atom stereocenters.